The molecule has 1 amide bonds. The Hall–Kier alpha value is -1.10. The fourth-order valence-corrected chi connectivity index (χ4v) is 3.20. The molecule has 2 aliphatic rings. The van der Waals surface area contributed by atoms with Gasteiger partial charge in [0.05, 0.1) is 12.6 Å². The van der Waals surface area contributed by atoms with E-state index >= 15 is 0 Å². The molecule has 128 valence electrons. The molecule has 5 heteroatoms. The molecule has 1 aliphatic heterocycles. The molecule has 0 aromatic heterocycles. The first-order valence-electron chi connectivity index (χ1n) is 8.44. The van der Waals surface area contributed by atoms with Gasteiger partial charge in [0.2, 0.25) is 5.91 Å². The summed E-state index contributed by atoms with van der Waals surface area (Å²) in [7, 11) is 0. The van der Waals surface area contributed by atoms with Crippen LogP contribution in [0.1, 0.15) is 36.9 Å². The van der Waals surface area contributed by atoms with Crippen LogP contribution in [0.4, 0.5) is 0 Å². The molecule has 0 bridgehead atoms. The SMILES string of the molecule is Cc1ccc(C(NC(=O)CN2CCNC[C@H]2C)C2CC2)cc1.Cl. The molecule has 0 radical (unpaired) electrons. The standard InChI is InChI=1S/C18H27N3O.ClH/c1-13-3-5-15(6-4-13)18(16-7-8-16)20-17(22)12-21-10-9-19-11-14(21)2;/h3-6,14,16,18-19H,7-12H2,1-2H3,(H,20,22);1H/t14-,18?;/m1./s1. The van der Waals surface area contributed by atoms with Crippen LogP contribution in [0.5, 0.6) is 0 Å². The van der Waals surface area contributed by atoms with Crippen molar-refractivity contribution in [2.75, 3.05) is 26.2 Å². The Kier molecular flexibility index (Phi) is 6.45. The Morgan fingerprint density at radius 2 is 2.04 bits per heavy atom. The minimum Gasteiger partial charge on any atom is -0.348 e. The van der Waals surface area contributed by atoms with Crippen LogP contribution in [0, 0.1) is 12.8 Å². The van der Waals surface area contributed by atoms with Gasteiger partial charge in [-0.1, -0.05) is 29.8 Å². The van der Waals surface area contributed by atoms with Crippen LogP contribution >= 0.6 is 12.4 Å². The lowest BCUT2D eigenvalue weighted by Gasteiger charge is -2.33. The van der Waals surface area contributed by atoms with Gasteiger partial charge < -0.3 is 10.6 Å². The van der Waals surface area contributed by atoms with Crippen molar-refractivity contribution in [2.45, 2.75) is 38.8 Å². The van der Waals surface area contributed by atoms with Crippen molar-refractivity contribution in [2.24, 2.45) is 5.92 Å². The lowest BCUT2D eigenvalue weighted by Crippen LogP contribution is -2.53. The number of amides is 1. The van der Waals surface area contributed by atoms with Gasteiger partial charge in [-0.2, -0.15) is 0 Å². The Labute approximate surface area is 145 Å². The minimum absolute atomic E-state index is 0. The van der Waals surface area contributed by atoms with Crippen LogP contribution < -0.4 is 10.6 Å². The van der Waals surface area contributed by atoms with Gasteiger partial charge in [-0.05, 0) is 38.2 Å². The summed E-state index contributed by atoms with van der Waals surface area (Å²) in [6.07, 6.45) is 2.45. The lowest BCUT2D eigenvalue weighted by atomic mass is 10.0. The molecule has 1 unspecified atom stereocenters. The van der Waals surface area contributed by atoms with Crippen molar-refractivity contribution in [1.82, 2.24) is 15.5 Å². The molecular weight excluding hydrogens is 310 g/mol. The maximum Gasteiger partial charge on any atom is 0.234 e. The molecule has 1 saturated carbocycles. The normalized spacial score (nSPS) is 23.0. The number of halogens is 1. The molecule has 2 fully saturated rings. The monoisotopic (exact) mass is 337 g/mol. The number of hydrogen-bond donors (Lipinski definition) is 2. The van der Waals surface area contributed by atoms with Crippen LogP contribution in [-0.4, -0.2) is 43.0 Å². The highest BCUT2D eigenvalue weighted by Gasteiger charge is 2.33. The zero-order chi connectivity index (χ0) is 15.5. The van der Waals surface area contributed by atoms with Crippen LogP contribution in [0.3, 0.4) is 0 Å². The number of nitrogens with one attached hydrogen (secondary N) is 2. The fourth-order valence-electron chi connectivity index (χ4n) is 3.20. The number of rotatable bonds is 5. The molecular formula is C18H28ClN3O. The van der Waals surface area contributed by atoms with Gasteiger partial charge >= 0.3 is 0 Å². The van der Waals surface area contributed by atoms with E-state index in [2.05, 4.69) is 53.6 Å². The molecule has 1 aromatic carbocycles. The topological polar surface area (TPSA) is 44.4 Å². The van der Waals surface area contributed by atoms with Gasteiger partial charge in [0.25, 0.3) is 0 Å². The van der Waals surface area contributed by atoms with Crippen molar-refractivity contribution in [1.29, 1.82) is 0 Å². The third-order valence-electron chi connectivity index (χ3n) is 4.83. The Morgan fingerprint density at radius 1 is 1.35 bits per heavy atom. The lowest BCUT2D eigenvalue weighted by molar-refractivity contribution is -0.123. The van der Waals surface area contributed by atoms with Gasteiger partial charge in [0.1, 0.15) is 0 Å². The summed E-state index contributed by atoms with van der Waals surface area (Å²) in [6.45, 7) is 7.68. The second-order valence-corrected chi connectivity index (χ2v) is 6.82. The maximum atomic E-state index is 12.5. The van der Waals surface area contributed by atoms with E-state index in [0.717, 1.165) is 19.6 Å². The molecule has 2 atom stereocenters. The van der Waals surface area contributed by atoms with Crippen LogP contribution in [0.2, 0.25) is 0 Å². The van der Waals surface area contributed by atoms with Crippen LogP contribution in [0.15, 0.2) is 24.3 Å². The van der Waals surface area contributed by atoms with Gasteiger partial charge in [-0.15, -0.1) is 12.4 Å². The molecule has 23 heavy (non-hydrogen) atoms. The summed E-state index contributed by atoms with van der Waals surface area (Å²) < 4.78 is 0. The highest BCUT2D eigenvalue weighted by atomic mass is 35.5. The van der Waals surface area contributed by atoms with E-state index in [9.17, 15) is 4.79 Å². The van der Waals surface area contributed by atoms with E-state index in [1.165, 1.54) is 24.0 Å². The van der Waals surface area contributed by atoms with Gasteiger partial charge in [0.15, 0.2) is 0 Å². The quantitative estimate of drug-likeness (QED) is 0.866. The second-order valence-electron chi connectivity index (χ2n) is 6.82. The summed E-state index contributed by atoms with van der Waals surface area (Å²) in [5, 5.41) is 6.65. The van der Waals surface area contributed by atoms with Crippen molar-refractivity contribution in [3.63, 3.8) is 0 Å². The summed E-state index contributed by atoms with van der Waals surface area (Å²) in [4.78, 5) is 14.7. The summed E-state index contributed by atoms with van der Waals surface area (Å²) >= 11 is 0. The predicted octanol–water partition coefficient (Wildman–Crippen LogP) is 2.28. The van der Waals surface area contributed by atoms with Crippen LogP contribution in [-0.2, 0) is 4.79 Å². The third kappa shape index (κ3) is 4.93. The number of carbonyl (C=O) groups is 1. The molecule has 2 N–H and O–H groups in total. The number of carbonyl (C=O) groups excluding carboxylic acids is 1. The van der Waals surface area contributed by atoms with Gasteiger partial charge in [0, 0.05) is 25.7 Å². The van der Waals surface area contributed by atoms with Gasteiger partial charge in [-0.3, -0.25) is 9.69 Å². The van der Waals surface area contributed by atoms with E-state index in [0.29, 0.717) is 18.5 Å². The number of piperazine rings is 1. The fraction of sp³-hybridized carbons (Fsp3) is 0.611. The first-order valence-corrected chi connectivity index (χ1v) is 8.44. The maximum absolute atomic E-state index is 12.5. The van der Waals surface area contributed by atoms with Crippen molar-refractivity contribution in [3.8, 4) is 0 Å². The average Bonchev–Trinajstić information content (AvgIpc) is 3.33. The van der Waals surface area contributed by atoms with E-state index < -0.39 is 0 Å². The highest BCUT2D eigenvalue weighted by molar-refractivity contribution is 5.85. The van der Waals surface area contributed by atoms with E-state index in [-0.39, 0.29) is 24.4 Å². The first-order chi connectivity index (χ1) is 10.6. The minimum atomic E-state index is 0. The van der Waals surface area contributed by atoms with Crippen molar-refractivity contribution in [3.05, 3.63) is 35.4 Å². The molecule has 1 heterocycles. The molecule has 1 saturated heterocycles. The van der Waals surface area contributed by atoms with E-state index in [4.69, 9.17) is 0 Å². The Balaban J connectivity index is 0.00000192. The summed E-state index contributed by atoms with van der Waals surface area (Å²) in [6, 6.07) is 9.20. The average molecular weight is 338 g/mol. The van der Waals surface area contributed by atoms with E-state index in [1.807, 2.05) is 0 Å². The van der Waals surface area contributed by atoms with Crippen molar-refractivity contribution >= 4 is 18.3 Å². The summed E-state index contributed by atoms with van der Waals surface area (Å²) in [5.41, 5.74) is 2.51. The second kappa shape index (κ2) is 8.13. The van der Waals surface area contributed by atoms with E-state index in [1.54, 1.807) is 0 Å². The zero-order valence-corrected chi connectivity index (χ0v) is 14.9. The van der Waals surface area contributed by atoms with Crippen LogP contribution in [0.25, 0.3) is 0 Å². The van der Waals surface area contributed by atoms with Crippen molar-refractivity contribution < 1.29 is 4.79 Å². The first kappa shape index (κ1) is 18.2. The van der Waals surface area contributed by atoms with Gasteiger partial charge in [-0.25, -0.2) is 0 Å². The third-order valence-corrected chi connectivity index (χ3v) is 4.83. The Bertz CT molecular complexity index is 516. The Morgan fingerprint density at radius 3 is 2.65 bits per heavy atom. The molecule has 0 spiro atoms. The number of hydrogen-bond acceptors (Lipinski definition) is 3. The number of benzene rings is 1. The summed E-state index contributed by atoms with van der Waals surface area (Å²) in [5.74, 6) is 0.776. The smallest absolute Gasteiger partial charge is 0.234 e. The molecule has 3 rings (SSSR count). The number of aryl methyl sites for hydroxylation is 1. The molecule has 1 aliphatic carbocycles. The largest absolute Gasteiger partial charge is 0.348 e. The molecule has 4 nitrogen and oxygen atoms in total. The molecule has 1 aromatic rings. The highest BCUT2D eigenvalue weighted by Crippen LogP contribution is 2.41. The predicted molar refractivity (Wildman–Crippen MR) is 95.9 cm³/mol. The zero-order valence-electron chi connectivity index (χ0n) is 14.0. The number of nitrogens with zero attached hydrogens (tertiary/aromatic N) is 1.